The molecule has 0 radical (unpaired) electrons. The highest BCUT2D eigenvalue weighted by Gasteiger charge is 2.31. The van der Waals surface area contributed by atoms with E-state index in [-0.39, 0.29) is 11.6 Å². The number of nitrogens with zero attached hydrogens (tertiary/aromatic N) is 4. The topological polar surface area (TPSA) is 98.8 Å². The number of aromatic nitrogens is 4. The van der Waals surface area contributed by atoms with Crippen LogP contribution in [-0.2, 0) is 12.7 Å². The molecule has 216 valence electrons. The van der Waals surface area contributed by atoms with E-state index in [0.29, 0.717) is 22.4 Å². The molecule has 0 saturated heterocycles. The van der Waals surface area contributed by atoms with E-state index in [4.69, 9.17) is 0 Å². The van der Waals surface area contributed by atoms with Gasteiger partial charge < -0.3 is 10.2 Å². The molecule has 1 heterocycles. The highest BCUT2D eigenvalue weighted by molar-refractivity contribution is 9.10. The predicted octanol–water partition coefficient (Wildman–Crippen LogP) is 7.78. The smallest absolute Gasteiger partial charge is 0.342 e. The van der Waals surface area contributed by atoms with Gasteiger partial charge in [0.1, 0.15) is 5.82 Å². The van der Waals surface area contributed by atoms with Crippen molar-refractivity contribution in [2.75, 3.05) is 15.5 Å². The molecule has 3 N–H and O–H groups in total. The van der Waals surface area contributed by atoms with Crippen LogP contribution in [0.1, 0.15) is 52.7 Å². The van der Waals surface area contributed by atoms with E-state index in [1.807, 2.05) is 17.0 Å². The summed E-state index contributed by atoms with van der Waals surface area (Å²) in [5.74, 6) is 0.0460. The number of anilines is 3. The second kappa shape index (κ2) is 12.6. The van der Waals surface area contributed by atoms with Gasteiger partial charge in [-0.3, -0.25) is 10.1 Å². The molecule has 0 fully saturated rings. The van der Waals surface area contributed by atoms with Gasteiger partial charge >= 0.3 is 6.18 Å². The van der Waals surface area contributed by atoms with Crippen LogP contribution in [0.5, 0.6) is 0 Å². The van der Waals surface area contributed by atoms with Gasteiger partial charge in [0.15, 0.2) is 0 Å². The minimum absolute atomic E-state index is 0.0614. The molecule has 1 aliphatic carbocycles. The van der Waals surface area contributed by atoms with E-state index in [9.17, 15) is 18.0 Å². The molecule has 5 rings (SSSR count). The quantitative estimate of drug-likeness (QED) is 0.173. The highest BCUT2D eigenvalue weighted by atomic mass is 79.9. The van der Waals surface area contributed by atoms with Crippen LogP contribution in [0.4, 0.5) is 30.5 Å². The Labute approximate surface area is 248 Å². The average molecular weight is 638 g/mol. The van der Waals surface area contributed by atoms with Gasteiger partial charge in [-0.15, -0.1) is 5.10 Å². The molecule has 0 saturated carbocycles. The molecule has 12 heteroatoms. The van der Waals surface area contributed by atoms with Crippen molar-refractivity contribution >= 4 is 44.7 Å². The molecule has 1 aliphatic rings. The normalized spacial score (nSPS) is 13.3. The SMILES string of the molecule is C=C(Nc1cc(Br)cc(C(F)(F)F)c1)N(Cc1ccc(C(=O)Nc2nn[nH]n2)cc1)c1ccc(C2=CCCCC2)cc1. The lowest BCUT2D eigenvalue weighted by Gasteiger charge is -2.28. The number of allylic oxidation sites excluding steroid dienone is 2. The van der Waals surface area contributed by atoms with E-state index in [1.54, 1.807) is 30.3 Å². The number of nitrogens with one attached hydrogen (secondary N) is 3. The molecule has 4 aromatic rings. The number of carbonyl (C=O) groups is 1. The first kappa shape index (κ1) is 29.1. The van der Waals surface area contributed by atoms with Crippen LogP contribution in [0, 0.1) is 0 Å². The van der Waals surface area contributed by atoms with E-state index in [2.05, 4.69) is 72.0 Å². The Morgan fingerprint density at radius 3 is 2.43 bits per heavy atom. The number of H-pyrrole nitrogens is 1. The van der Waals surface area contributed by atoms with Crippen molar-refractivity contribution in [2.45, 2.75) is 38.4 Å². The number of hydrogen-bond acceptors (Lipinski definition) is 6. The lowest BCUT2D eigenvalue weighted by Crippen LogP contribution is -2.26. The number of amides is 1. The van der Waals surface area contributed by atoms with Gasteiger partial charge in [0.05, 0.1) is 5.56 Å². The number of hydrogen-bond donors (Lipinski definition) is 3. The fourth-order valence-corrected chi connectivity index (χ4v) is 5.18. The van der Waals surface area contributed by atoms with Crippen LogP contribution in [0.15, 0.2) is 89.7 Å². The highest BCUT2D eigenvalue weighted by Crippen LogP contribution is 2.35. The Hall–Kier alpha value is -4.45. The molecular weight excluding hydrogens is 611 g/mol. The van der Waals surface area contributed by atoms with Crippen LogP contribution < -0.4 is 15.5 Å². The van der Waals surface area contributed by atoms with Gasteiger partial charge in [0, 0.05) is 28.0 Å². The fraction of sp³-hybridized carbons (Fsp3) is 0.200. The Balaban J connectivity index is 1.39. The Bertz CT molecular complexity index is 1580. The van der Waals surface area contributed by atoms with Crippen LogP contribution in [0.2, 0.25) is 0 Å². The number of benzene rings is 3. The molecule has 0 bridgehead atoms. The molecule has 0 unspecified atom stereocenters. The third kappa shape index (κ3) is 7.24. The molecule has 0 aliphatic heterocycles. The number of tetrazole rings is 1. The van der Waals surface area contributed by atoms with Crippen molar-refractivity contribution in [3.05, 3.63) is 112 Å². The Morgan fingerprint density at radius 2 is 1.79 bits per heavy atom. The number of rotatable bonds is 9. The fourth-order valence-electron chi connectivity index (χ4n) is 4.69. The van der Waals surface area contributed by atoms with Gasteiger partial charge in [-0.05, 0) is 90.1 Å². The maximum Gasteiger partial charge on any atom is 0.416 e. The number of halogens is 4. The van der Waals surface area contributed by atoms with Crippen molar-refractivity contribution in [1.29, 1.82) is 0 Å². The van der Waals surface area contributed by atoms with Crippen LogP contribution in [-0.4, -0.2) is 26.5 Å². The summed E-state index contributed by atoms with van der Waals surface area (Å²) in [6, 6.07) is 18.6. The second-order valence-corrected chi connectivity index (χ2v) is 10.7. The lowest BCUT2D eigenvalue weighted by atomic mass is 9.93. The van der Waals surface area contributed by atoms with Gasteiger partial charge in [-0.1, -0.05) is 57.9 Å². The zero-order valence-electron chi connectivity index (χ0n) is 22.4. The second-order valence-electron chi connectivity index (χ2n) is 9.79. The molecule has 0 spiro atoms. The van der Waals surface area contributed by atoms with Crippen molar-refractivity contribution in [3.63, 3.8) is 0 Å². The first-order valence-corrected chi connectivity index (χ1v) is 14.0. The minimum atomic E-state index is -4.50. The summed E-state index contributed by atoms with van der Waals surface area (Å²) in [5, 5.41) is 18.7. The number of aromatic amines is 1. The van der Waals surface area contributed by atoms with Crippen molar-refractivity contribution in [3.8, 4) is 0 Å². The zero-order valence-corrected chi connectivity index (χ0v) is 24.0. The van der Waals surface area contributed by atoms with Crippen LogP contribution in [0.3, 0.4) is 0 Å². The van der Waals surface area contributed by atoms with Gasteiger partial charge in [-0.25, -0.2) is 0 Å². The summed E-state index contributed by atoms with van der Waals surface area (Å²) in [7, 11) is 0. The van der Waals surface area contributed by atoms with E-state index in [1.165, 1.54) is 12.0 Å². The van der Waals surface area contributed by atoms with E-state index >= 15 is 0 Å². The van der Waals surface area contributed by atoms with E-state index < -0.39 is 17.6 Å². The Kier molecular flexibility index (Phi) is 8.72. The molecule has 1 amide bonds. The number of alkyl halides is 3. The van der Waals surface area contributed by atoms with Crippen molar-refractivity contribution in [1.82, 2.24) is 20.6 Å². The largest absolute Gasteiger partial charge is 0.416 e. The molecule has 1 aromatic heterocycles. The average Bonchev–Trinajstić information content (AvgIpc) is 3.49. The van der Waals surface area contributed by atoms with Gasteiger partial charge in [0.25, 0.3) is 11.9 Å². The van der Waals surface area contributed by atoms with Crippen LogP contribution in [0.25, 0.3) is 5.57 Å². The third-order valence-corrected chi connectivity index (χ3v) is 7.27. The molecular formula is C30H27BrF3N7O. The Morgan fingerprint density at radius 1 is 1.02 bits per heavy atom. The third-order valence-electron chi connectivity index (χ3n) is 6.81. The molecule has 42 heavy (non-hydrogen) atoms. The minimum Gasteiger partial charge on any atom is -0.342 e. The maximum atomic E-state index is 13.5. The van der Waals surface area contributed by atoms with Gasteiger partial charge in [0.2, 0.25) is 0 Å². The summed E-state index contributed by atoms with van der Waals surface area (Å²) in [6.45, 7) is 4.50. The van der Waals surface area contributed by atoms with Crippen LogP contribution >= 0.6 is 15.9 Å². The van der Waals surface area contributed by atoms with E-state index in [0.717, 1.165) is 48.2 Å². The predicted molar refractivity (Wildman–Crippen MR) is 160 cm³/mol. The lowest BCUT2D eigenvalue weighted by molar-refractivity contribution is -0.137. The summed E-state index contributed by atoms with van der Waals surface area (Å²) in [5.41, 5.74) is 3.97. The summed E-state index contributed by atoms with van der Waals surface area (Å²) < 4.78 is 40.7. The van der Waals surface area contributed by atoms with Crippen molar-refractivity contribution in [2.24, 2.45) is 0 Å². The molecule has 0 atom stereocenters. The zero-order chi connectivity index (χ0) is 29.7. The molecule has 8 nitrogen and oxygen atoms in total. The standard InChI is InChI=1S/C30H27BrF3N7O/c1-19(35-26-16-24(30(32,33)34)15-25(31)17-26)41(27-13-11-22(12-14-27)21-5-3-2-4-6-21)18-20-7-9-23(10-8-20)28(42)36-29-37-39-40-38-29/h5,7-17,35H,1-4,6,18H2,(H2,36,37,38,39,40,42). The summed E-state index contributed by atoms with van der Waals surface area (Å²) in [6.07, 6.45) is 2.25. The molecule has 3 aromatic carbocycles. The van der Waals surface area contributed by atoms with Gasteiger partial charge in [-0.2, -0.15) is 18.4 Å². The summed E-state index contributed by atoms with van der Waals surface area (Å²) in [4.78, 5) is 14.4. The van der Waals surface area contributed by atoms with Crippen molar-refractivity contribution < 1.29 is 18.0 Å². The first-order valence-electron chi connectivity index (χ1n) is 13.2. The number of carbonyl (C=O) groups excluding carboxylic acids is 1. The maximum absolute atomic E-state index is 13.5. The first-order chi connectivity index (χ1) is 20.2. The monoisotopic (exact) mass is 637 g/mol. The summed E-state index contributed by atoms with van der Waals surface area (Å²) >= 11 is 3.18.